The maximum absolute atomic E-state index is 11.1. The predicted molar refractivity (Wildman–Crippen MR) is 68.1 cm³/mol. The third-order valence-corrected chi connectivity index (χ3v) is 2.74. The van der Waals surface area contributed by atoms with Crippen molar-refractivity contribution in [1.82, 2.24) is 5.32 Å². The lowest BCUT2D eigenvalue weighted by Crippen LogP contribution is -2.46. The molecule has 2 atom stereocenters. The van der Waals surface area contributed by atoms with E-state index in [4.69, 9.17) is 14.6 Å². The normalized spacial score (nSPS) is 22.3. The molecular formula is C13H21NO5. The van der Waals surface area contributed by atoms with Gasteiger partial charge in [0.05, 0.1) is 12.6 Å². The van der Waals surface area contributed by atoms with Crippen LogP contribution < -0.4 is 5.32 Å². The molecule has 0 fully saturated rings. The van der Waals surface area contributed by atoms with Crippen molar-refractivity contribution in [3.8, 4) is 0 Å². The molecule has 0 saturated heterocycles. The van der Waals surface area contributed by atoms with Crippen LogP contribution in [0.15, 0.2) is 11.8 Å². The van der Waals surface area contributed by atoms with Gasteiger partial charge in [0.1, 0.15) is 18.7 Å². The lowest BCUT2D eigenvalue weighted by Gasteiger charge is -2.31. The smallest absolute Gasteiger partial charge is 0.220 e. The van der Waals surface area contributed by atoms with E-state index < -0.39 is 6.29 Å². The minimum Gasteiger partial charge on any atom is -0.465 e. The minimum absolute atomic E-state index is 0.149. The second-order valence-corrected chi connectivity index (χ2v) is 4.39. The molecule has 2 unspecified atom stereocenters. The zero-order valence-electron chi connectivity index (χ0n) is 11.1. The monoisotopic (exact) mass is 271 g/mol. The molecule has 0 aromatic heterocycles. The summed E-state index contributed by atoms with van der Waals surface area (Å²) < 4.78 is 11.0. The van der Waals surface area contributed by atoms with Crippen molar-refractivity contribution in [3.63, 3.8) is 0 Å². The van der Waals surface area contributed by atoms with E-state index in [1.165, 1.54) is 6.92 Å². The highest BCUT2D eigenvalue weighted by Gasteiger charge is 2.28. The molecule has 0 aromatic rings. The Morgan fingerprint density at radius 2 is 2.42 bits per heavy atom. The third kappa shape index (κ3) is 5.85. The van der Waals surface area contributed by atoms with Crippen molar-refractivity contribution >= 4 is 12.2 Å². The Hall–Kier alpha value is -1.40. The van der Waals surface area contributed by atoms with Gasteiger partial charge < -0.3 is 24.7 Å². The molecular weight excluding hydrogens is 250 g/mol. The maximum atomic E-state index is 11.1. The first-order valence-electron chi connectivity index (χ1n) is 6.46. The molecule has 1 heterocycles. The van der Waals surface area contributed by atoms with Gasteiger partial charge in [-0.25, -0.2) is 0 Å². The largest absolute Gasteiger partial charge is 0.465 e. The van der Waals surface area contributed by atoms with Gasteiger partial charge in [-0.2, -0.15) is 0 Å². The number of unbranched alkanes of at least 4 members (excludes halogenated alkanes) is 2. The highest BCUT2D eigenvalue weighted by Crippen LogP contribution is 2.18. The van der Waals surface area contributed by atoms with Crippen molar-refractivity contribution < 1.29 is 24.2 Å². The second-order valence-electron chi connectivity index (χ2n) is 4.39. The van der Waals surface area contributed by atoms with Gasteiger partial charge in [0, 0.05) is 13.3 Å². The summed E-state index contributed by atoms with van der Waals surface area (Å²) in [6.07, 6.45) is 4.64. The fraction of sp³-hybridized carbons (Fsp3) is 0.692. The molecule has 19 heavy (non-hydrogen) atoms. The molecule has 1 aliphatic heterocycles. The van der Waals surface area contributed by atoms with E-state index in [1.807, 2.05) is 0 Å². The number of carbonyl (C=O) groups excluding carboxylic acids is 2. The summed E-state index contributed by atoms with van der Waals surface area (Å²) in [5.74, 6) is 0.309. The van der Waals surface area contributed by atoms with Crippen LogP contribution in [0.5, 0.6) is 0 Å². The van der Waals surface area contributed by atoms with Crippen LogP contribution in [0, 0.1) is 0 Å². The Kier molecular flexibility index (Phi) is 7.14. The first-order chi connectivity index (χ1) is 9.17. The Morgan fingerprint density at radius 3 is 3.05 bits per heavy atom. The van der Waals surface area contributed by atoms with E-state index in [2.05, 4.69) is 5.32 Å². The summed E-state index contributed by atoms with van der Waals surface area (Å²) in [6, 6.07) is -0.251. The van der Waals surface area contributed by atoms with Crippen molar-refractivity contribution in [2.45, 2.75) is 44.9 Å². The molecule has 6 nitrogen and oxygen atoms in total. The number of rotatable bonds is 8. The number of carbonyl (C=O) groups is 2. The van der Waals surface area contributed by atoms with Gasteiger partial charge in [-0.1, -0.05) is 0 Å². The van der Waals surface area contributed by atoms with Crippen LogP contribution >= 0.6 is 0 Å². The minimum atomic E-state index is -0.590. The first-order valence-corrected chi connectivity index (χ1v) is 6.46. The molecule has 1 aliphatic rings. The number of aldehydes is 1. The molecule has 0 saturated carbocycles. The molecule has 1 amide bonds. The number of aliphatic hydroxyl groups excluding tert-OH is 1. The molecule has 0 radical (unpaired) electrons. The number of amides is 1. The van der Waals surface area contributed by atoms with Crippen molar-refractivity contribution in [2.24, 2.45) is 0 Å². The zero-order chi connectivity index (χ0) is 14.1. The van der Waals surface area contributed by atoms with E-state index in [1.54, 1.807) is 6.08 Å². The Morgan fingerprint density at radius 1 is 1.63 bits per heavy atom. The van der Waals surface area contributed by atoms with E-state index in [9.17, 15) is 9.59 Å². The quantitative estimate of drug-likeness (QED) is 0.496. The molecule has 0 spiro atoms. The van der Waals surface area contributed by atoms with Crippen LogP contribution in [-0.4, -0.2) is 42.8 Å². The summed E-state index contributed by atoms with van der Waals surface area (Å²) in [5.41, 5.74) is 0. The number of nitrogens with one attached hydrogen (secondary N) is 1. The molecule has 2 N–H and O–H groups in total. The summed E-state index contributed by atoms with van der Waals surface area (Å²) in [5, 5.41) is 11.8. The highest BCUT2D eigenvalue weighted by atomic mass is 16.7. The molecule has 0 bridgehead atoms. The van der Waals surface area contributed by atoms with Gasteiger partial charge in [-0.15, -0.1) is 0 Å². The number of aliphatic hydroxyl groups is 1. The second kappa shape index (κ2) is 8.66. The molecule has 0 aliphatic carbocycles. The van der Waals surface area contributed by atoms with Crippen LogP contribution in [0.4, 0.5) is 0 Å². The van der Waals surface area contributed by atoms with E-state index in [0.717, 1.165) is 19.1 Å². The maximum Gasteiger partial charge on any atom is 0.220 e. The van der Waals surface area contributed by atoms with Gasteiger partial charge in [0.2, 0.25) is 12.2 Å². The van der Waals surface area contributed by atoms with Gasteiger partial charge >= 0.3 is 0 Å². The van der Waals surface area contributed by atoms with E-state index in [-0.39, 0.29) is 18.6 Å². The first kappa shape index (κ1) is 15.7. The predicted octanol–water partition coefficient (Wildman–Crippen LogP) is 0.499. The SMILES string of the molecule is CC(=O)NC1CC=C(CO)OC1OCCCCC=O. The van der Waals surface area contributed by atoms with Crippen LogP contribution in [0.2, 0.25) is 0 Å². The van der Waals surface area contributed by atoms with Crippen molar-refractivity contribution in [3.05, 3.63) is 11.8 Å². The Labute approximate surface area is 112 Å². The van der Waals surface area contributed by atoms with Crippen LogP contribution in [0.1, 0.15) is 32.6 Å². The summed E-state index contributed by atoms with van der Waals surface area (Å²) >= 11 is 0. The lowest BCUT2D eigenvalue weighted by atomic mass is 10.1. The molecule has 0 aromatic carbocycles. The van der Waals surface area contributed by atoms with Gasteiger partial charge in [-0.05, 0) is 25.3 Å². The van der Waals surface area contributed by atoms with Gasteiger partial charge in [0.25, 0.3) is 0 Å². The van der Waals surface area contributed by atoms with Gasteiger partial charge in [0.15, 0.2) is 0 Å². The third-order valence-electron chi connectivity index (χ3n) is 2.74. The molecule has 6 heteroatoms. The number of hydrogen-bond donors (Lipinski definition) is 2. The zero-order valence-corrected chi connectivity index (χ0v) is 11.1. The standard InChI is InChI=1S/C13H21NO5/c1-10(17)14-12-6-5-11(9-16)19-13(12)18-8-4-2-3-7-15/h5,7,12-13,16H,2-4,6,8-9H2,1H3,(H,14,17). The van der Waals surface area contributed by atoms with Crippen LogP contribution in [-0.2, 0) is 19.1 Å². The van der Waals surface area contributed by atoms with Crippen LogP contribution in [0.25, 0.3) is 0 Å². The van der Waals surface area contributed by atoms with Crippen LogP contribution in [0.3, 0.4) is 0 Å². The summed E-state index contributed by atoms with van der Waals surface area (Å²) in [6.45, 7) is 1.71. The average Bonchev–Trinajstić information content (AvgIpc) is 2.39. The molecule has 1 rings (SSSR count). The molecule has 108 valence electrons. The number of ether oxygens (including phenoxy) is 2. The fourth-order valence-corrected chi connectivity index (χ4v) is 1.82. The highest BCUT2D eigenvalue weighted by molar-refractivity contribution is 5.73. The Balaban J connectivity index is 2.42. The topological polar surface area (TPSA) is 84.9 Å². The average molecular weight is 271 g/mol. The van der Waals surface area contributed by atoms with Gasteiger partial charge in [-0.3, -0.25) is 4.79 Å². The van der Waals surface area contributed by atoms with E-state index in [0.29, 0.717) is 25.2 Å². The van der Waals surface area contributed by atoms with Crippen molar-refractivity contribution in [1.29, 1.82) is 0 Å². The fourth-order valence-electron chi connectivity index (χ4n) is 1.82. The lowest BCUT2D eigenvalue weighted by molar-refractivity contribution is -0.152. The van der Waals surface area contributed by atoms with Crippen molar-refractivity contribution in [2.75, 3.05) is 13.2 Å². The number of hydrogen-bond acceptors (Lipinski definition) is 5. The van der Waals surface area contributed by atoms with E-state index >= 15 is 0 Å². The Bertz CT molecular complexity index is 329. The summed E-state index contributed by atoms with van der Waals surface area (Å²) in [4.78, 5) is 21.3. The summed E-state index contributed by atoms with van der Waals surface area (Å²) in [7, 11) is 0.